The Morgan fingerprint density at radius 2 is 2.29 bits per heavy atom. The lowest BCUT2D eigenvalue weighted by Crippen LogP contribution is -2.26. The molecule has 1 N–H and O–H groups in total. The number of methoxy groups -OCH3 is 1. The van der Waals surface area contributed by atoms with Gasteiger partial charge in [-0.15, -0.1) is 0 Å². The molecule has 0 aliphatic rings. The van der Waals surface area contributed by atoms with Gasteiger partial charge in [-0.2, -0.15) is 5.10 Å². The molecule has 1 heterocycles. The first kappa shape index (κ1) is 15.5. The van der Waals surface area contributed by atoms with Crippen LogP contribution in [-0.4, -0.2) is 23.5 Å². The van der Waals surface area contributed by atoms with Crippen LogP contribution in [0.4, 0.5) is 10.1 Å². The van der Waals surface area contributed by atoms with Crippen molar-refractivity contribution in [3.8, 4) is 0 Å². The van der Waals surface area contributed by atoms with Gasteiger partial charge in [0.1, 0.15) is 10.8 Å². The largest absolute Gasteiger partial charge is 0.383 e. The lowest BCUT2D eigenvalue weighted by Gasteiger charge is -2.10. The Hall–Kier alpha value is -1.92. The van der Waals surface area contributed by atoms with Gasteiger partial charge in [-0.25, -0.2) is 9.07 Å². The van der Waals surface area contributed by atoms with Crippen molar-refractivity contribution in [1.29, 1.82) is 0 Å². The average molecular weight is 312 g/mol. The lowest BCUT2D eigenvalue weighted by atomic mass is 10.2. The molecular formula is C14H15ClFN3O2. The van der Waals surface area contributed by atoms with E-state index in [-0.39, 0.29) is 10.8 Å². The topological polar surface area (TPSA) is 56.1 Å². The van der Waals surface area contributed by atoms with Gasteiger partial charge in [-0.05, 0) is 17.7 Å². The number of anilines is 1. The molecule has 0 saturated heterocycles. The highest BCUT2D eigenvalue weighted by Crippen LogP contribution is 2.16. The third-order valence-corrected chi connectivity index (χ3v) is 3.23. The van der Waals surface area contributed by atoms with Crippen LogP contribution in [0.5, 0.6) is 0 Å². The van der Waals surface area contributed by atoms with E-state index in [1.165, 1.54) is 23.0 Å². The summed E-state index contributed by atoms with van der Waals surface area (Å²) >= 11 is 6.02. The molecule has 0 bridgehead atoms. The second kappa shape index (κ2) is 7.19. The number of aromatic nitrogens is 2. The van der Waals surface area contributed by atoms with Gasteiger partial charge in [-0.1, -0.05) is 23.7 Å². The second-order valence-corrected chi connectivity index (χ2v) is 4.75. The van der Waals surface area contributed by atoms with E-state index in [0.29, 0.717) is 25.4 Å². The number of benzene rings is 1. The van der Waals surface area contributed by atoms with Crippen molar-refractivity contribution in [3.63, 3.8) is 0 Å². The quantitative estimate of drug-likeness (QED) is 0.889. The van der Waals surface area contributed by atoms with Gasteiger partial charge in [0.15, 0.2) is 0 Å². The van der Waals surface area contributed by atoms with Crippen LogP contribution < -0.4 is 10.9 Å². The van der Waals surface area contributed by atoms with Crippen LogP contribution in [0.2, 0.25) is 5.02 Å². The Kier molecular flexibility index (Phi) is 5.30. The van der Waals surface area contributed by atoms with Crippen LogP contribution in [0.1, 0.15) is 5.56 Å². The smallest absolute Gasteiger partial charge is 0.287 e. The fourth-order valence-electron chi connectivity index (χ4n) is 1.77. The minimum atomic E-state index is -0.391. The number of nitrogens with zero attached hydrogens (tertiary/aromatic N) is 2. The zero-order valence-corrected chi connectivity index (χ0v) is 12.2. The summed E-state index contributed by atoms with van der Waals surface area (Å²) in [5, 5.41) is 7.04. The fourth-order valence-corrected chi connectivity index (χ4v) is 1.98. The number of nitrogens with one attached hydrogen (secondary N) is 1. The minimum absolute atomic E-state index is 0.0532. The molecule has 0 radical (unpaired) electrons. The van der Waals surface area contributed by atoms with E-state index in [2.05, 4.69) is 10.4 Å². The SMILES string of the molecule is COCCn1ncc(NCc2cccc(F)c2)c(Cl)c1=O. The van der Waals surface area contributed by atoms with E-state index < -0.39 is 5.56 Å². The summed E-state index contributed by atoms with van der Waals surface area (Å²) in [4.78, 5) is 12.0. The Balaban J connectivity index is 2.10. The molecule has 2 aromatic rings. The first-order valence-electron chi connectivity index (χ1n) is 6.34. The fraction of sp³-hybridized carbons (Fsp3) is 0.286. The predicted molar refractivity (Wildman–Crippen MR) is 79.1 cm³/mol. The number of ether oxygens (including phenoxy) is 1. The Bertz CT molecular complexity index is 676. The van der Waals surface area contributed by atoms with E-state index in [1.807, 2.05) is 0 Å². The molecule has 0 atom stereocenters. The van der Waals surface area contributed by atoms with Crippen molar-refractivity contribution >= 4 is 17.3 Å². The molecule has 5 nitrogen and oxygen atoms in total. The third kappa shape index (κ3) is 4.03. The van der Waals surface area contributed by atoms with Gasteiger partial charge in [0, 0.05) is 13.7 Å². The van der Waals surface area contributed by atoms with Crippen LogP contribution >= 0.6 is 11.6 Å². The molecule has 1 aromatic carbocycles. The second-order valence-electron chi connectivity index (χ2n) is 4.38. The third-order valence-electron chi connectivity index (χ3n) is 2.86. The van der Waals surface area contributed by atoms with Crippen LogP contribution in [0.3, 0.4) is 0 Å². The van der Waals surface area contributed by atoms with Crippen molar-refractivity contribution in [2.24, 2.45) is 0 Å². The summed E-state index contributed by atoms with van der Waals surface area (Å²) in [5.41, 5.74) is 0.771. The summed E-state index contributed by atoms with van der Waals surface area (Å²) in [5.74, 6) is -0.312. The molecule has 0 aliphatic carbocycles. The minimum Gasteiger partial charge on any atom is -0.383 e. The summed E-state index contributed by atoms with van der Waals surface area (Å²) in [6.45, 7) is 1.05. The summed E-state index contributed by atoms with van der Waals surface area (Å²) in [7, 11) is 1.54. The molecule has 0 fully saturated rings. The maximum Gasteiger partial charge on any atom is 0.287 e. The highest BCUT2D eigenvalue weighted by atomic mass is 35.5. The highest BCUT2D eigenvalue weighted by molar-refractivity contribution is 6.32. The molecule has 21 heavy (non-hydrogen) atoms. The van der Waals surface area contributed by atoms with Gasteiger partial charge >= 0.3 is 0 Å². The van der Waals surface area contributed by atoms with E-state index in [4.69, 9.17) is 16.3 Å². The molecule has 112 valence electrons. The van der Waals surface area contributed by atoms with Gasteiger partial charge in [-0.3, -0.25) is 4.79 Å². The van der Waals surface area contributed by atoms with Crippen LogP contribution in [0.15, 0.2) is 35.3 Å². The van der Waals surface area contributed by atoms with E-state index in [0.717, 1.165) is 5.56 Å². The zero-order valence-electron chi connectivity index (χ0n) is 11.5. The van der Waals surface area contributed by atoms with Crippen LogP contribution in [-0.2, 0) is 17.8 Å². The van der Waals surface area contributed by atoms with E-state index in [1.54, 1.807) is 19.2 Å². The van der Waals surface area contributed by atoms with E-state index >= 15 is 0 Å². The van der Waals surface area contributed by atoms with Crippen molar-refractivity contribution in [3.05, 3.63) is 57.2 Å². The highest BCUT2D eigenvalue weighted by Gasteiger charge is 2.09. The van der Waals surface area contributed by atoms with Crippen LogP contribution in [0, 0.1) is 5.82 Å². The molecule has 0 spiro atoms. The number of hydrogen-bond donors (Lipinski definition) is 1. The Morgan fingerprint density at radius 1 is 1.48 bits per heavy atom. The molecule has 2 rings (SSSR count). The van der Waals surface area contributed by atoms with Crippen molar-refractivity contribution in [2.45, 2.75) is 13.1 Å². The van der Waals surface area contributed by atoms with Gasteiger partial charge in [0.05, 0.1) is 25.0 Å². The molecule has 0 saturated carbocycles. The lowest BCUT2D eigenvalue weighted by molar-refractivity contribution is 0.182. The van der Waals surface area contributed by atoms with Gasteiger partial charge < -0.3 is 10.1 Å². The van der Waals surface area contributed by atoms with Crippen molar-refractivity contribution < 1.29 is 9.13 Å². The van der Waals surface area contributed by atoms with Crippen LogP contribution in [0.25, 0.3) is 0 Å². The summed E-state index contributed by atoms with van der Waals surface area (Å²) < 4.78 is 19.2. The Morgan fingerprint density at radius 3 is 3.00 bits per heavy atom. The monoisotopic (exact) mass is 311 g/mol. The van der Waals surface area contributed by atoms with Crippen molar-refractivity contribution in [2.75, 3.05) is 19.0 Å². The first-order valence-corrected chi connectivity index (χ1v) is 6.72. The average Bonchev–Trinajstić information content (AvgIpc) is 2.48. The van der Waals surface area contributed by atoms with Crippen molar-refractivity contribution in [1.82, 2.24) is 9.78 Å². The molecule has 0 amide bonds. The molecule has 7 heteroatoms. The summed E-state index contributed by atoms with van der Waals surface area (Å²) in [6, 6.07) is 6.18. The van der Waals surface area contributed by atoms with Gasteiger partial charge in [0.25, 0.3) is 5.56 Å². The van der Waals surface area contributed by atoms with Gasteiger partial charge in [0.2, 0.25) is 0 Å². The standard InChI is InChI=1S/C14H15ClFN3O2/c1-21-6-5-19-14(20)13(15)12(9-18-19)17-8-10-3-2-4-11(16)7-10/h2-4,7,9,17H,5-6,8H2,1H3. The Labute approximate surface area is 126 Å². The number of halogens is 2. The molecule has 0 unspecified atom stereocenters. The normalized spacial score (nSPS) is 10.6. The zero-order chi connectivity index (χ0) is 15.2. The predicted octanol–water partition coefficient (Wildman–Crippen LogP) is 2.29. The summed E-state index contributed by atoms with van der Waals surface area (Å²) in [6.07, 6.45) is 1.47. The number of hydrogen-bond acceptors (Lipinski definition) is 4. The molecule has 0 aliphatic heterocycles. The van der Waals surface area contributed by atoms with E-state index in [9.17, 15) is 9.18 Å². The maximum absolute atomic E-state index is 13.1. The molecular weight excluding hydrogens is 297 g/mol. The number of rotatable bonds is 6. The molecule has 1 aromatic heterocycles. The first-order chi connectivity index (χ1) is 10.1. The maximum atomic E-state index is 13.1.